The molecule has 0 aliphatic heterocycles. The van der Waals surface area contributed by atoms with E-state index < -0.39 is 10.0 Å². The van der Waals surface area contributed by atoms with Crippen molar-refractivity contribution in [1.82, 2.24) is 15.0 Å². The summed E-state index contributed by atoms with van der Waals surface area (Å²) in [6, 6.07) is 4.80. The maximum absolute atomic E-state index is 12.4. The molecule has 0 fully saturated rings. The number of aromatic amines is 1. The molecular weight excluding hydrogens is 308 g/mol. The van der Waals surface area contributed by atoms with Crippen molar-refractivity contribution >= 4 is 37.5 Å². The van der Waals surface area contributed by atoms with Crippen LogP contribution >= 0.6 is 11.3 Å². The average Bonchev–Trinajstić information content (AvgIpc) is 2.90. The summed E-state index contributed by atoms with van der Waals surface area (Å²) in [5, 5.41) is 0.380. The molecule has 0 saturated carbocycles. The first-order valence-electron chi connectivity index (χ1n) is 6.28. The molecule has 0 unspecified atom stereocenters. The van der Waals surface area contributed by atoms with E-state index in [1.54, 1.807) is 12.1 Å². The van der Waals surface area contributed by atoms with Crippen molar-refractivity contribution in [3.05, 3.63) is 34.6 Å². The molecule has 3 rings (SSSR count). The van der Waals surface area contributed by atoms with Crippen molar-refractivity contribution in [3.63, 3.8) is 0 Å². The second-order valence-corrected chi connectivity index (χ2v) is 7.65. The molecule has 2 N–H and O–H groups in total. The molecule has 1 aromatic carbocycles. The first kappa shape index (κ1) is 14.0. The summed E-state index contributed by atoms with van der Waals surface area (Å²) < 4.78 is 27.3. The van der Waals surface area contributed by atoms with Crippen LogP contribution in [0.5, 0.6) is 0 Å². The number of fused-ring (bicyclic) bond motifs is 1. The highest BCUT2D eigenvalue weighted by atomic mass is 32.2. The molecule has 0 radical (unpaired) electrons. The highest BCUT2D eigenvalue weighted by molar-refractivity contribution is 7.93. The van der Waals surface area contributed by atoms with Crippen molar-refractivity contribution in [1.29, 1.82) is 0 Å². The predicted octanol–water partition coefficient (Wildman–Crippen LogP) is 2.75. The van der Waals surface area contributed by atoms with Gasteiger partial charge < -0.3 is 4.98 Å². The van der Waals surface area contributed by atoms with Crippen LogP contribution in [-0.2, 0) is 10.0 Å². The minimum Gasteiger partial charge on any atom is -0.342 e. The van der Waals surface area contributed by atoms with E-state index in [2.05, 4.69) is 19.7 Å². The number of anilines is 1. The Morgan fingerprint density at radius 1 is 1.19 bits per heavy atom. The van der Waals surface area contributed by atoms with Crippen LogP contribution in [0.15, 0.2) is 23.1 Å². The van der Waals surface area contributed by atoms with Crippen molar-refractivity contribution in [2.24, 2.45) is 0 Å². The third-order valence-corrected chi connectivity index (χ3v) is 5.59. The lowest BCUT2D eigenvalue weighted by Crippen LogP contribution is -2.12. The van der Waals surface area contributed by atoms with Crippen LogP contribution < -0.4 is 4.72 Å². The number of sulfonamides is 1. The third-order valence-electron chi connectivity index (χ3n) is 3.13. The predicted molar refractivity (Wildman–Crippen MR) is 83.2 cm³/mol. The van der Waals surface area contributed by atoms with Crippen molar-refractivity contribution in [3.8, 4) is 0 Å². The number of H-pyrrole nitrogens is 1. The van der Waals surface area contributed by atoms with Crippen LogP contribution in [0.3, 0.4) is 0 Å². The molecule has 6 nitrogen and oxygen atoms in total. The molecule has 0 spiro atoms. The summed E-state index contributed by atoms with van der Waals surface area (Å²) in [7, 11) is -3.65. The van der Waals surface area contributed by atoms with E-state index in [1.165, 1.54) is 17.4 Å². The quantitative estimate of drug-likeness (QED) is 0.776. The number of nitrogens with one attached hydrogen (secondary N) is 2. The first-order chi connectivity index (χ1) is 9.85. The van der Waals surface area contributed by atoms with Crippen LogP contribution in [0.1, 0.15) is 16.4 Å². The van der Waals surface area contributed by atoms with E-state index >= 15 is 0 Å². The number of aryl methyl sites for hydroxylation is 3. The molecule has 21 heavy (non-hydrogen) atoms. The molecule has 3 aromatic rings. The Balaban J connectivity index is 1.99. The molecule has 0 aliphatic rings. The monoisotopic (exact) mass is 322 g/mol. The van der Waals surface area contributed by atoms with Gasteiger partial charge in [-0.25, -0.2) is 18.4 Å². The van der Waals surface area contributed by atoms with Gasteiger partial charge in [0.2, 0.25) is 0 Å². The summed E-state index contributed by atoms with van der Waals surface area (Å²) in [6.45, 7) is 5.58. The number of benzene rings is 1. The molecule has 0 bridgehead atoms. The van der Waals surface area contributed by atoms with Gasteiger partial charge in [0.1, 0.15) is 5.82 Å². The Labute approximate surface area is 126 Å². The highest BCUT2D eigenvalue weighted by Crippen LogP contribution is 2.25. The lowest BCUT2D eigenvalue weighted by molar-refractivity contribution is 0.601. The van der Waals surface area contributed by atoms with Gasteiger partial charge in [-0.05, 0) is 39.0 Å². The fraction of sp³-hybridized carbons (Fsp3) is 0.231. The summed E-state index contributed by atoms with van der Waals surface area (Å²) in [5.74, 6) is 0.749. The van der Waals surface area contributed by atoms with E-state index in [0.29, 0.717) is 10.6 Å². The number of aromatic nitrogens is 3. The van der Waals surface area contributed by atoms with Crippen molar-refractivity contribution < 1.29 is 8.42 Å². The fourth-order valence-electron chi connectivity index (χ4n) is 1.97. The standard InChI is InChI=1S/C13H14N4O2S2/c1-7-8(2)20-13(14-7)17-21(18,19)10-4-5-11-12(6-10)16-9(3)15-11/h4-6H,1-3H3,(H,14,17)(H,15,16). The van der Waals surface area contributed by atoms with E-state index in [-0.39, 0.29) is 4.90 Å². The van der Waals surface area contributed by atoms with Gasteiger partial charge in [-0.1, -0.05) is 0 Å². The van der Waals surface area contributed by atoms with Gasteiger partial charge in [-0.15, -0.1) is 11.3 Å². The van der Waals surface area contributed by atoms with Crippen LogP contribution in [-0.4, -0.2) is 23.4 Å². The number of hydrogen-bond donors (Lipinski definition) is 2. The van der Waals surface area contributed by atoms with Gasteiger partial charge >= 0.3 is 0 Å². The minimum absolute atomic E-state index is 0.184. The summed E-state index contributed by atoms with van der Waals surface area (Å²) in [6.07, 6.45) is 0. The van der Waals surface area contributed by atoms with Crippen molar-refractivity contribution in [2.45, 2.75) is 25.7 Å². The van der Waals surface area contributed by atoms with Gasteiger partial charge in [0.05, 0.1) is 21.6 Å². The normalized spacial score (nSPS) is 12.0. The van der Waals surface area contributed by atoms with E-state index in [4.69, 9.17) is 0 Å². The Morgan fingerprint density at radius 3 is 2.62 bits per heavy atom. The molecule has 0 amide bonds. The topological polar surface area (TPSA) is 87.7 Å². The van der Waals surface area contributed by atoms with Gasteiger partial charge in [-0.3, -0.25) is 4.72 Å². The molecule has 110 valence electrons. The second-order valence-electron chi connectivity index (χ2n) is 4.77. The average molecular weight is 322 g/mol. The molecular formula is C13H14N4O2S2. The summed E-state index contributed by atoms with van der Waals surface area (Å²) in [4.78, 5) is 12.7. The zero-order chi connectivity index (χ0) is 15.2. The van der Waals surface area contributed by atoms with Crippen LogP contribution in [0, 0.1) is 20.8 Å². The molecule has 2 aromatic heterocycles. The SMILES string of the molecule is Cc1nc2ccc(S(=O)(=O)Nc3nc(C)c(C)s3)cc2[nH]1. The minimum atomic E-state index is -3.65. The maximum atomic E-state index is 12.4. The van der Waals surface area contributed by atoms with Gasteiger partial charge in [0.15, 0.2) is 5.13 Å². The smallest absolute Gasteiger partial charge is 0.263 e. The van der Waals surface area contributed by atoms with Gasteiger partial charge in [0, 0.05) is 4.88 Å². The van der Waals surface area contributed by atoms with Gasteiger partial charge in [-0.2, -0.15) is 0 Å². The molecule has 0 atom stereocenters. The largest absolute Gasteiger partial charge is 0.342 e. The van der Waals surface area contributed by atoms with Crippen LogP contribution in [0.2, 0.25) is 0 Å². The second kappa shape index (κ2) is 4.81. The summed E-state index contributed by atoms with van der Waals surface area (Å²) >= 11 is 1.32. The molecule has 8 heteroatoms. The number of rotatable bonds is 3. The lowest BCUT2D eigenvalue weighted by Gasteiger charge is -2.04. The number of thiazole rings is 1. The zero-order valence-corrected chi connectivity index (χ0v) is 13.4. The summed E-state index contributed by atoms with van der Waals surface area (Å²) in [5.41, 5.74) is 2.27. The first-order valence-corrected chi connectivity index (χ1v) is 8.58. The van der Waals surface area contributed by atoms with Gasteiger partial charge in [0.25, 0.3) is 10.0 Å². The Hall–Kier alpha value is -1.93. The maximum Gasteiger partial charge on any atom is 0.263 e. The lowest BCUT2D eigenvalue weighted by atomic mass is 10.3. The Bertz CT molecular complexity index is 905. The van der Waals surface area contributed by atoms with Crippen LogP contribution in [0.4, 0.5) is 5.13 Å². The number of hydrogen-bond acceptors (Lipinski definition) is 5. The fourth-order valence-corrected chi connectivity index (χ4v) is 4.05. The van der Waals surface area contributed by atoms with E-state index in [9.17, 15) is 8.42 Å². The third kappa shape index (κ3) is 2.64. The number of imidazole rings is 1. The Kier molecular flexibility index (Phi) is 3.22. The molecule has 2 heterocycles. The zero-order valence-electron chi connectivity index (χ0n) is 11.8. The van der Waals surface area contributed by atoms with E-state index in [0.717, 1.165) is 21.9 Å². The highest BCUT2D eigenvalue weighted by Gasteiger charge is 2.17. The molecule has 0 saturated heterocycles. The number of nitrogens with zero attached hydrogens (tertiary/aromatic N) is 2. The molecule has 0 aliphatic carbocycles. The van der Waals surface area contributed by atoms with Crippen molar-refractivity contribution in [2.75, 3.05) is 4.72 Å². The van der Waals surface area contributed by atoms with Crippen LogP contribution in [0.25, 0.3) is 11.0 Å². The van der Waals surface area contributed by atoms with E-state index in [1.807, 2.05) is 20.8 Å². The Morgan fingerprint density at radius 2 is 1.95 bits per heavy atom.